The van der Waals surface area contributed by atoms with E-state index < -0.39 is 0 Å². The van der Waals surface area contributed by atoms with Crippen molar-refractivity contribution >= 4 is 5.57 Å². The number of aryl methyl sites for hydroxylation is 2. The largest absolute Gasteiger partial charge is 0.510 e. The Morgan fingerprint density at radius 1 is 1.17 bits per heavy atom. The molecule has 1 aromatic rings. The van der Waals surface area contributed by atoms with Gasteiger partial charge in [-0.05, 0) is 88.7 Å². The van der Waals surface area contributed by atoms with E-state index in [1.807, 2.05) is 66.7 Å². The topological polar surface area (TPSA) is 104 Å². The number of aromatic nitrogens is 2. The third-order valence-corrected chi connectivity index (χ3v) is 5.67. The van der Waals surface area contributed by atoms with Crippen LogP contribution in [0.3, 0.4) is 0 Å². The van der Waals surface area contributed by atoms with Crippen LogP contribution in [0.2, 0.25) is 0 Å². The second-order valence-corrected chi connectivity index (χ2v) is 8.82. The Balaban J connectivity index is 0.000000395. The van der Waals surface area contributed by atoms with Gasteiger partial charge >= 0.3 is 0 Å². The summed E-state index contributed by atoms with van der Waals surface area (Å²) in [5.74, 6) is 0.172. The van der Waals surface area contributed by atoms with Crippen molar-refractivity contribution < 1.29 is 5.11 Å². The van der Waals surface area contributed by atoms with Crippen LogP contribution in [0.4, 0.5) is 0 Å². The van der Waals surface area contributed by atoms with E-state index in [2.05, 4.69) is 23.0 Å². The molecule has 192 valence electrons. The molecule has 0 fully saturated rings. The minimum Gasteiger partial charge on any atom is -0.510 e. The van der Waals surface area contributed by atoms with Crippen LogP contribution in [0.1, 0.15) is 88.9 Å². The monoisotopic (exact) mass is 480 g/mol. The molecule has 1 aliphatic heterocycles. The molecule has 1 aromatic heterocycles. The first-order valence-electron chi connectivity index (χ1n) is 12.5. The lowest BCUT2D eigenvalue weighted by Crippen LogP contribution is -2.32. The molecule has 5 N–H and O–H groups in total. The van der Waals surface area contributed by atoms with E-state index in [0.717, 1.165) is 58.6 Å². The van der Waals surface area contributed by atoms with E-state index in [-0.39, 0.29) is 23.4 Å². The van der Waals surface area contributed by atoms with Crippen LogP contribution in [0.25, 0.3) is 5.57 Å². The fraction of sp³-hybridized carbons (Fsp3) is 0.448. The number of nitrogens with zero attached hydrogens (tertiary/aromatic N) is 1. The van der Waals surface area contributed by atoms with Crippen LogP contribution >= 0.6 is 0 Å². The smallest absolute Gasteiger partial charge is 0.250 e. The lowest BCUT2D eigenvalue weighted by Gasteiger charge is -2.22. The van der Waals surface area contributed by atoms with Gasteiger partial charge in [-0.3, -0.25) is 9.78 Å². The zero-order chi connectivity index (χ0) is 26.5. The molecule has 0 bridgehead atoms. The Morgan fingerprint density at radius 2 is 1.86 bits per heavy atom. The standard InChI is InChI=1S/C18H25N3O.C9H13NO.C2H6/c1-12-9-16(13(2)19)14(3)21-17(10-18(22)20-11-12)15-7-5-4-6-8-15;1-6-4-5-7(2)10-9(6)8(3)11;1-2/h7,9-11,13H,4-6,8,19H2,1-3H3,(H,20,22);4-5,9-11H,3H2,1-2H3;1-2H3. The molecule has 6 nitrogen and oxygen atoms in total. The summed E-state index contributed by atoms with van der Waals surface area (Å²) < 4.78 is 0. The fourth-order valence-electron chi connectivity index (χ4n) is 3.80. The van der Waals surface area contributed by atoms with Crippen LogP contribution < -0.4 is 16.6 Å². The van der Waals surface area contributed by atoms with E-state index in [0.29, 0.717) is 0 Å². The molecule has 1 aliphatic carbocycles. The Morgan fingerprint density at radius 3 is 2.40 bits per heavy atom. The highest BCUT2D eigenvalue weighted by molar-refractivity contribution is 5.62. The number of rotatable bonds is 3. The van der Waals surface area contributed by atoms with Crippen LogP contribution in [-0.4, -0.2) is 21.1 Å². The molecule has 2 heterocycles. The molecule has 0 amide bonds. The third-order valence-electron chi connectivity index (χ3n) is 5.67. The quantitative estimate of drug-likeness (QED) is 0.375. The Hall–Kier alpha value is -3.12. The zero-order valence-corrected chi connectivity index (χ0v) is 22.5. The molecule has 0 saturated carbocycles. The van der Waals surface area contributed by atoms with Gasteiger partial charge in [-0.1, -0.05) is 38.6 Å². The molecule has 0 aromatic carbocycles. The van der Waals surface area contributed by atoms with E-state index >= 15 is 0 Å². The van der Waals surface area contributed by atoms with Gasteiger partial charge in [0.25, 0.3) is 0 Å². The highest BCUT2D eigenvalue weighted by Crippen LogP contribution is 2.25. The number of aliphatic hydroxyl groups is 1. The molecular weight excluding hydrogens is 436 g/mol. The van der Waals surface area contributed by atoms with Crippen molar-refractivity contribution in [3.8, 4) is 0 Å². The van der Waals surface area contributed by atoms with Crippen molar-refractivity contribution in [3.63, 3.8) is 0 Å². The van der Waals surface area contributed by atoms with Gasteiger partial charge in [0.1, 0.15) is 11.8 Å². The summed E-state index contributed by atoms with van der Waals surface area (Å²) in [5, 5.41) is 12.2. The van der Waals surface area contributed by atoms with Crippen molar-refractivity contribution in [2.75, 3.05) is 0 Å². The lowest BCUT2D eigenvalue weighted by molar-refractivity contribution is 0.366. The first-order chi connectivity index (χ1) is 16.6. The van der Waals surface area contributed by atoms with Crippen LogP contribution in [0.5, 0.6) is 0 Å². The fourth-order valence-corrected chi connectivity index (χ4v) is 3.80. The zero-order valence-electron chi connectivity index (χ0n) is 22.5. The predicted octanol–water partition coefficient (Wildman–Crippen LogP) is 6.39. The Bertz CT molecular complexity index is 1080. The summed E-state index contributed by atoms with van der Waals surface area (Å²) in [7, 11) is 0. The normalized spacial score (nSPS) is 17.4. The molecule has 0 spiro atoms. The summed E-state index contributed by atoms with van der Waals surface area (Å²) in [5.41, 5.74) is 12.8. The van der Waals surface area contributed by atoms with Gasteiger partial charge in [-0.25, -0.2) is 0 Å². The number of allylic oxidation sites excluding steroid dienone is 5. The highest BCUT2D eigenvalue weighted by atomic mass is 16.3. The number of H-pyrrole nitrogens is 1. The SMILES string of the molecule is C=C(O)C1NC(C)=CC=C1C.CC.Cc1c[nH]c(=O)cc(C2=CCCCC2)nc(C)c(C(C)N)c1. The van der Waals surface area contributed by atoms with Crippen molar-refractivity contribution in [3.05, 3.63) is 93.0 Å². The molecule has 3 rings (SSSR count). The van der Waals surface area contributed by atoms with Crippen LogP contribution in [0.15, 0.2) is 65.0 Å². The van der Waals surface area contributed by atoms with Crippen molar-refractivity contribution in [1.82, 2.24) is 15.3 Å². The van der Waals surface area contributed by atoms with Crippen molar-refractivity contribution in [2.45, 2.75) is 86.2 Å². The maximum Gasteiger partial charge on any atom is 0.250 e. The molecule has 6 heteroatoms. The van der Waals surface area contributed by atoms with Gasteiger partial charge in [-0.2, -0.15) is 0 Å². The Kier molecular flexibility index (Phi) is 12.8. The van der Waals surface area contributed by atoms with E-state index in [9.17, 15) is 4.79 Å². The molecule has 2 atom stereocenters. The second-order valence-electron chi connectivity index (χ2n) is 8.82. The number of aliphatic hydroxyl groups excluding tert-OH is 1. The van der Waals surface area contributed by atoms with Crippen molar-refractivity contribution in [2.24, 2.45) is 5.73 Å². The second kappa shape index (κ2) is 15.0. The summed E-state index contributed by atoms with van der Waals surface area (Å²) in [6.45, 7) is 17.3. The number of hydrogen-bond donors (Lipinski definition) is 4. The molecular formula is C29H44N4O2. The number of hydrogen-bond acceptors (Lipinski definition) is 5. The van der Waals surface area contributed by atoms with E-state index in [4.69, 9.17) is 15.8 Å². The summed E-state index contributed by atoms with van der Waals surface area (Å²) in [4.78, 5) is 19.6. The van der Waals surface area contributed by atoms with Gasteiger partial charge in [0.05, 0.1) is 5.69 Å². The van der Waals surface area contributed by atoms with Crippen LogP contribution in [-0.2, 0) is 0 Å². The maximum absolute atomic E-state index is 12.0. The number of dihydropyridines is 1. The van der Waals surface area contributed by atoms with Crippen molar-refractivity contribution in [1.29, 1.82) is 0 Å². The molecule has 0 saturated heterocycles. The third kappa shape index (κ3) is 9.95. The van der Waals surface area contributed by atoms with E-state index in [1.165, 1.54) is 6.42 Å². The average molecular weight is 481 g/mol. The summed E-state index contributed by atoms with van der Waals surface area (Å²) in [6, 6.07) is 3.38. The number of nitrogens with two attached hydrogens (primary N) is 1. The first-order valence-corrected chi connectivity index (χ1v) is 12.5. The van der Waals surface area contributed by atoms with Crippen LogP contribution in [0, 0.1) is 13.8 Å². The minimum absolute atomic E-state index is 0.0972. The van der Waals surface area contributed by atoms with Gasteiger partial charge in [-0.15, -0.1) is 0 Å². The van der Waals surface area contributed by atoms with Gasteiger partial charge < -0.3 is 21.1 Å². The molecule has 2 unspecified atom stereocenters. The van der Waals surface area contributed by atoms with E-state index in [1.54, 1.807) is 12.3 Å². The minimum atomic E-state index is -0.143. The molecule has 0 radical (unpaired) electrons. The average Bonchev–Trinajstić information content (AvgIpc) is 2.83. The summed E-state index contributed by atoms with van der Waals surface area (Å²) >= 11 is 0. The number of aromatic amines is 1. The Labute approximate surface area is 211 Å². The molecule has 35 heavy (non-hydrogen) atoms. The maximum atomic E-state index is 12.0. The number of nitrogens with one attached hydrogen (secondary N) is 2. The molecule has 2 aliphatic rings. The highest BCUT2D eigenvalue weighted by Gasteiger charge is 2.15. The lowest BCUT2D eigenvalue weighted by atomic mass is 9.97. The van der Waals surface area contributed by atoms with Gasteiger partial charge in [0, 0.05) is 29.7 Å². The predicted molar refractivity (Wildman–Crippen MR) is 149 cm³/mol. The van der Waals surface area contributed by atoms with Gasteiger partial charge in [0.15, 0.2) is 0 Å². The summed E-state index contributed by atoms with van der Waals surface area (Å²) in [6.07, 6.45) is 12.3. The van der Waals surface area contributed by atoms with Gasteiger partial charge in [0.2, 0.25) is 5.56 Å². The first kappa shape index (κ1) is 29.9.